The molecule has 0 N–H and O–H groups in total. The zero-order valence-electron chi connectivity index (χ0n) is 15.8. The largest absolute Gasteiger partial charge is 0.401 e. The van der Waals surface area contributed by atoms with Crippen LogP contribution in [0.2, 0.25) is 0 Å². The van der Waals surface area contributed by atoms with Gasteiger partial charge in [0, 0.05) is 38.6 Å². The molecule has 1 aliphatic carbocycles. The van der Waals surface area contributed by atoms with Gasteiger partial charge in [0.2, 0.25) is 11.8 Å². The lowest BCUT2D eigenvalue weighted by atomic mass is 9.88. The second-order valence-electron chi connectivity index (χ2n) is 8.09. The Kier molecular flexibility index (Phi) is 6.65. The maximum Gasteiger partial charge on any atom is 0.401 e. The SMILES string of the molecule is O=C(C1CCCN1C(=O)C1CCCCC1)N1CCCN(CC(F)(F)F)CC1. The summed E-state index contributed by atoms with van der Waals surface area (Å²) in [6, 6.07) is -0.423. The number of nitrogens with zero attached hydrogens (tertiary/aromatic N) is 3. The molecule has 8 heteroatoms. The van der Waals surface area contributed by atoms with Gasteiger partial charge in [0.05, 0.1) is 6.54 Å². The summed E-state index contributed by atoms with van der Waals surface area (Å²) in [7, 11) is 0. The van der Waals surface area contributed by atoms with E-state index in [0.29, 0.717) is 39.0 Å². The molecular weight excluding hydrogens is 359 g/mol. The highest BCUT2D eigenvalue weighted by atomic mass is 19.4. The molecule has 0 radical (unpaired) electrons. The molecule has 3 aliphatic rings. The fraction of sp³-hybridized carbons (Fsp3) is 0.895. The molecule has 1 saturated carbocycles. The quantitative estimate of drug-likeness (QED) is 0.745. The first-order chi connectivity index (χ1) is 12.8. The Labute approximate surface area is 158 Å². The highest BCUT2D eigenvalue weighted by molar-refractivity contribution is 5.89. The van der Waals surface area contributed by atoms with Crippen LogP contribution in [0.1, 0.15) is 51.4 Å². The molecule has 27 heavy (non-hydrogen) atoms. The van der Waals surface area contributed by atoms with Gasteiger partial charge in [-0.2, -0.15) is 13.2 Å². The summed E-state index contributed by atoms with van der Waals surface area (Å²) in [5.74, 6) is 0.0724. The molecule has 0 aromatic heterocycles. The van der Waals surface area contributed by atoms with Crippen molar-refractivity contribution >= 4 is 11.8 Å². The van der Waals surface area contributed by atoms with Crippen molar-refractivity contribution < 1.29 is 22.8 Å². The van der Waals surface area contributed by atoms with E-state index in [1.807, 2.05) is 0 Å². The van der Waals surface area contributed by atoms with Crippen molar-refractivity contribution in [1.29, 1.82) is 0 Å². The summed E-state index contributed by atoms with van der Waals surface area (Å²) in [6.07, 6.45) is 2.95. The van der Waals surface area contributed by atoms with Crippen molar-refractivity contribution in [1.82, 2.24) is 14.7 Å². The van der Waals surface area contributed by atoms with Crippen LogP contribution in [0.3, 0.4) is 0 Å². The molecule has 2 amide bonds. The highest BCUT2D eigenvalue weighted by Crippen LogP contribution is 2.29. The van der Waals surface area contributed by atoms with Crippen molar-refractivity contribution in [2.75, 3.05) is 39.3 Å². The number of carbonyl (C=O) groups excluding carboxylic acids is 2. The van der Waals surface area contributed by atoms with Gasteiger partial charge in [0.25, 0.3) is 0 Å². The third-order valence-corrected chi connectivity index (χ3v) is 6.08. The number of hydrogen-bond donors (Lipinski definition) is 0. The Balaban J connectivity index is 1.58. The zero-order valence-corrected chi connectivity index (χ0v) is 15.8. The summed E-state index contributed by atoms with van der Waals surface area (Å²) < 4.78 is 37.9. The number of amides is 2. The van der Waals surface area contributed by atoms with Crippen molar-refractivity contribution in [3.05, 3.63) is 0 Å². The van der Waals surface area contributed by atoms with E-state index in [-0.39, 0.29) is 24.3 Å². The van der Waals surface area contributed by atoms with E-state index in [4.69, 9.17) is 0 Å². The molecule has 2 heterocycles. The van der Waals surface area contributed by atoms with Gasteiger partial charge in [-0.1, -0.05) is 19.3 Å². The third-order valence-electron chi connectivity index (χ3n) is 6.08. The minimum Gasteiger partial charge on any atom is -0.340 e. The molecule has 2 saturated heterocycles. The molecule has 0 aromatic carbocycles. The van der Waals surface area contributed by atoms with Gasteiger partial charge < -0.3 is 9.80 Å². The third kappa shape index (κ3) is 5.36. The van der Waals surface area contributed by atoms with Gasteiger partial charge in [-0.3, -0.25) is 14.5 Å². The van der Waals surface area contributed by atoms with Crippen LogP contribution in [0.25, 0.3) is 0 Å². The standard InChI is InChI=1S/C19H30F3N3O2/c20-19(21,22)14-23-9-5-10-24(13-12-23)18(27)16-8-4-11-25(16)17(26)15-6-2-1-3-7-15/h15-16H,1-14H2. The zero-order chi connectivity index (χ0) is 19.4. The molecule has 2 aliphatic heterocycles. The molecule has 1 atom stereocenters. The number of alkyl halides is 3. The Morgan fingerprint density at radius 3 is 2.22 bits per heavy atom. The molecule has 0 bridgehead atoms. The summed E-state index contributed by atoms with van der Waals surface area (Å²) in [4.78, 5) is 30.7. The normalized spacial score (nSPS) is 26.3. The number of hydrogen-bond acceptors (Lipinski definition) is 3. The van der Waals surface area contributed by atoms with Crippen LogP contribution < -0.4 is 0 Å². The lowest BCUT2D eigenvalue weighted by Crippen LogP contribution is -2.50. The summed E-state index contributed by atoms with van der Waals surface area (Å²) in [6.45, 7) is 1.05. The first-order valence-corrected chi connectivity index (χ1v) is 10.2. The summed E-state index contributed by atoms with van der Waals surface area (Å²) >= 11 is 0. The lowest BCUT2D eigenvalue weighted by molar-refractivity contribution is -0.148. The average molecular weight is 389 g/mol. The van der Waals surface area contributed by atoms with E-state index in [1.54, 1.807) is 9.80 Å². The first-order valence-electron chi connectivity index (χ1n) is 10.2. The van der Waals surface area contributed by atoms with Crippen LogP contribution in [0.4, 0.5) is 13.2 Å². The molecule has 154 valence electrons. The second kappa shape index (κ2) is 8.80. The van der Waals surface area contributed by atoms with E-state index in [2.05, 4.69) is 0 Å². The number of likely N-dealkylation sites (tertiary alicyclic amines) is 1. The van der Waals surface area contributed by atoms with E-state index < -0.39 is 18.8 Å². The Hall–Kier alpha value is -1.31. The van der Waals surface area contributed by atoms with E-state index in [0.717, 1.165) is 32.1 Å². The van der Waals surface area contributed by atoms with Crippen LogP contribution in [0.5, 0.6) is 0 Å². The van der Waals surface area contributed by atoms with Gasteiger partial charge >= 0.3 is 6.18 Å². The van der Waals surface area contributed by atoms with Gasteiger partial charge in [0.1, 0.15) is 6.04 Å². The van der Waals surface area contributed by atoms with Crippen molar-refractivity contribution in [3.8, 4) is 0 Å². The smallest absolute Gasteiger partial charge is 0.340 e. The summed E-state index contributed by atoms with van der Waals surface area (Å²) in [5.41, 5.74) is 0. The van der Waals surface area contributed by atoms with E-state index in [9.17, 15) is 22.8 Å². The van der Waals surface area contributed by atoms with Crippen LogP contribution in [0.15, 0.2) is 0 Å². The molecule has 3 rings (SSSR count). The van der Waals surface area contributed by atoms with Gasteiger partial charge in [-0.15, -0.1) is 0 Å². The number of carbonyl (C=O) groups is 2. The molecule has 5 nitrogen and oxygen atoms in total. The maximum absolute atomic E-state index is 13.0. The first kappa shape index (κ1) is 20.4. The summed E-state index contributed by atoms with van der Waals surface area (Å²) in [5, 5.41) is 0. The monoisotopic (exact) mass is 389 g/mol. The highest BCUT2D eigenvalue weighted by Gasteiger charge is 2.39. The minimum atomic E-state index is -4.21. The molecule has 0 aromatic rings. The van der Waals surface area contributed by atoms with Gasteiger partial charge in [-0.25, -0.2) is 0 Å². The predicted molar refractivity (Wildman–Crippen MR) is 95.0 cm³/mol. The Morgan fingerprint density at radius 1 is 0.778 bits per heavy atom. The molecule has 1 unspecified atom stereocenters. The van der Waals surface area contributed by atoms with E-state index >= 15 is 0 Å². The molecule has 3 fully saturated rings. The Morgan fingerprint density at radius 2 is 1.52 bits per heavy atom. The van der Waals surface area contributed by atoms with E-state index in [1.165, 1.54) is 11.3 Å². The Bertz CT molecular complexity index is 535. The van der Waals surface area contributed by atoms with Gasteiger partial charge in [-0.05, 0) is 32.1 Å². The molecular formula is C19H30F3N3O2. The topological polar surface area (TPSA) is 43.9 Å². The minimum absolute atomic E-state index is 0.0403. The van der Waals surface area contributed by atoms with Crippen LogP contribution in [0, 0.1) is 5.92 Å². The molecule has 0 spiro atoms. The van der Waals surface area contributed by atoms with Crippen molar-refractivity contribution in [3.63, 3.8) is 0 Å². The fourth-order valence-corrected chi connectivity index (χ4v) is 4.68. The van der Waals surface area contributed by atoms with Crippen LogP contribution in [-0.2, 0) is 9.59 Å². The van der Waals surface area contributed by atoms with Crippen molar-refractivity contribution in [2.45, 2.75) is 63.6 Å². The fourth-order valence-electron chi connectivity index (χ4n) is 4.68. The maximum atomic E-state index is 13.0. The predicted octanol–water partition coefficient (Wildman–Crippen LogP) is 2.65. The lowest BCUT2D eigenvalue weighted by Gasteiger charge is -2.33. The van der Waals surface area contributed by atoms with Crippen LogP contribution in [-0.4, -0.2) is 78.0 Å². The van der Waals surface area contributed by atoms with Gasteiger partial charge in [0.15, 0.2) is 0 Å². The average Bonchev–Trinajstić information content (AvgIpc) is 3.01. The number of halogens is 3. The van der Waals surface area contributed by atoms with Crippen molar-refractivity contribution in [2.24, 2.45) is 5.92 Å². The number of rotatable bonds is 3. The van der Waals surface area contributed by atoms with Crippen LogP contribution >= 0.6 is 0 Å². The second-order valence-corrected chi connectivity index (χ2v) is 8.09.